The molecule has 1 amide bonds. The van der Waals surface area contributed by atoms with E-state index in [2.05, 4.69) is 29.7 Å². The summed E-state index contributed by atoms with van der Waals surface area (Å²) in [6.07, 6.45) is 4.64. The van der Waals surface area contributed by atoms with Crippen molar-refractivity contribution in [2.24, 2.45) is 5.73 Å². The first-order valence-corrected chi connectivity index (χ1v) is 15.9. The second kappa shape index (κ2) is 12.8. The van der Waals surface area contributed by atoms with E-state index in [0.717, 1.165) is 6.04 Å². The van der Waals surface area contributed by atoms with Crippen molar-refractivity contribution in [2.45, 2.75) is 71.1 Å². The van der Waals surface area contributed by atoms with Gasteiger partial charge in [0, 0.05) is 37.8 Å². The van der Waals surface area contributed by atoms with Crippen LogP contribution in [0.5, 0.6) is 0 Å². The number of anilines is 2. The Morgan fingerprint density at radius 3 is 2.51 bits per heavy atom. The first-order valence-electron chi connectivity index (χ1n) is 12.2. The molecular weight excluding hydrogens is 490 g/mol. The summed E-state index contributed by atoms with van der Waals surface area (Å²) in [5.41, 5.74) is 13.4. The third kappa shape index (κ3) is 9.58. The molecule has 2 rings (SSSR count). The number of carbonyl (C=O) groups is 2. The monoisotopic (exact) mass is 531 g/mol. The molecule has 37 heavy (non-hydrogen) atoms. The molecule has 0 aliphatic rings. The molecule has 1 aromatic heterocycles. The van der Waals surface area contributed by atoms with Crippen molar-refractivity contribution in [1.82, 2.24) is 9.55 Å². The molecule has 0 unspecified atom stereocenters. The van der Waals surface area contributed by atoms with E-state index in [9.17, 15) is 9.59 Å². The molecule has 0 bridgehead atoms. The Morgan fingerprint density at radius 2 is 1.95 bits per heavy atom. The number of aromatic nitrogens is 2. The summed E-state index contributed by atoms with van der Waals surface area (Å²) in [6.45, 7) is 13.2. The number of amides is 1. The number of allylic oxidation sites excluding steroid dienone is 1. The predicted molar refractivity (Wildman–Crippen MR) is 149 cm³/mol. The molecule has 1 aromatic carbocycles. The zero-order chi connectivity index (χ0) is 27.8. The zero-order valence-electron chi connectivity index (χ0n) is 23.0. The summed E-state index contributed by atoms with van der Waals surface area (Å²) in [7, 11) is 0.0152. The number of ether oxygens (including phenoxy) is 3. The Morgan fingerprint density at radius 1 is 1.24 bits per heavy atom. The van der Waals surface area contributed by atoms with Crippen LogP contribution in [0.1, 0.15) is 38.9 Å². The topological polar surface area (TPSA) is 144 Å². The van der Waals surface area contributed by atoms with Crippen LogP contribution >= 0.6 is 0 Å². The van der Waals surface area contributed by atoms with Gasteiger partial charge in [-0.3, -0.25) is 10.1 Å². The molecule has 0 spiro atoms. The van der Waals surface area contributed by atoms with E-state index in [1.807, 2.05) is 31.5 Å². The molecule has 204 valence electrons. The number of hydrogen-bond acceptors (Lipinski definition) is 8. The van der Waals surface area contributed by atoms with Gasteiger partial charge in [0.25, 0.3) is 0 Å². The first-order chi connectivity index (χ1) is 17.2. The van der Waals surface area contributed by atoms with Crippen molar-refractivity contribution in [3.05, 3.63) is 42.5 Å². The molecule has 0 aliphatic carbocycles. The number of nitrogen functional groups attached to an aromatic ring is 1. The fourth-order valence-electron chi connectivity index (χ4n) is 3.42. The highest BCUT2D eigenvalue weighted by atomic mass is 28.3. The SMILES string of the molecule is COC(=O)Nc1ccc(-c2cn(COCC[Si](C)(C)C)c([C@H](CC=CN)C(=O)OC(C)(C)C)n2)c(N)c1. The van der Waals surface area contributed by atoms with Crippen LogP contribution in [0.4, 0.5) is 16.2 Å². The normalized spacial score (nSPS) is 12.9. The summed E-state index contributed by atoms with van der Waals surface area (Å²) in [6, 6.07) is 6.09. The Kier molecular flexibility index (Phi) is 10.3. The summed E-state index contributed by atoms with van der Waals surface area (Å²) in [4.78, 5) is 29.6. The van der Waals surface area contributed by atoms with Gasteiger partial charge < -0.3 is 30.2 Å². The maximum absolute atomic E-state index is 13.2. The van der Waals surface area contributed by atoms with E-state index >= 15 is 0 Å². The number of carbonyl (C=O) groups excluding carboxylic acids is 2. The third-order valence-electron chi connectivity index (χ3n) is 5.30. The Bertz CT molecular complexity index is 1100. The number of imidazole rings is 1. The van der Waals surface area contributed by atoms with Crippen LogP contribution in [-0.2, 0) is 25.7 Å². The summed E-state index contributed by atoms with van der Waals surface area (Å²) in [5, 5.41) is 2.59. The molecule has 5 N–H and O–H groups in total. The van der Waals surface area contributed by atoms with Crippen LogP contribution in [0.25, 0.3) is 11.3 Å². The van der Waals surface area contributed by atoms with Crippen LogP contribution in [0.2, 0.25) is 25.7 Å². The van der Waals surface area contributed by atoms with E-state index in [1.54, 1.807) is 24.3 Å². The highest BCUT2D eigenvalue weighted by Crippen LogP contribution is 2.32. The van der Waals surface area contributed by atoms with Crippen molar-refractivity contribution >= 4 is 31.5 Å². The molecule has 0 radical (unpaired) electrons. The van der Waals surface area contributed by atoms with Crippen molar-refractivity contribution < 1.29 is 23.8 Å². The van der Waals surface area contributed by atoms with E-state index in [1.165, 1.54) is 13.3 Å². The average molecular weight is 532 g/mol. The van der Waals surface area contributed by atoms with Gasteiger partial charge in [0.1, 0.15) is 24.1 Å². The fraction of sp³-hybridized carbons (Fsp3) is 0.500. The van der Waals surface area contributed by atoms with Gasteiger partial charge in [-0.25, -0.2) is 9.78 Å². The van der Waals surface area contributed by atoms with Crippen LogP contribution in [0.15, 0.2) is 36.7 Å². The molecule has 2 aromatic rings. The van der Waals surface area contributed by atoms with Crippen molar-refractivity contribution in [3.8, 4) is 11.3 Å². The van der Waals surface area contributed by atoms with Gasteiger partial charge in [-0.2, -0.15) is 0 Å². The fourth-order valence-corrected chi connectivity index (χ4v) is 4.18. The van der Waals surface area contributed by atoms with Gasteiger partial charge in [-0.1, -0.05) is 25.7 Å². The minimum atomic E-state index is -1.27. The lowest BCUT2D eigenvalue weighted by Gasteiger charge is -2.24. The van der Waals surface area contributed by atoms with Gasteiger partial charge in [0.2, 0.25) is 0 Å². The standard InChI is InChI=1S/C26H41N5O5Si/c1-26(2,3)36-24(32)20(9-8-12-27)23-30-22(16-31(23)17-35-13-14-37(5,6)7)19-11-10-18(15-21(19)28)29-25(33)34-4/h8,10-12,15-16,20H,9,13-14,17,27-28H2,1-7H3,(H,29,33)/t20-/m0/s1. The Hall–Kier alpha value is -3.31. The number of methoxy groups -OCH3 is 1. The number of nitrogens with two attached hydrogens (primary N) is 2. The Balaban J connectivity index is 2.47. The van der Waals surface area contributed by atoms with Gasteiger partial charge in [-0.15, -0.1) is 0 Å². The summed E-state index contributed by atoms with van der Waals surface area (Å²) in [5.74, 6) is -0.613. The van der Waals surface area contributed by atoms with Crippen LogP contribution < -0.4 is 16.8 Å². The van der Waals surface area contributed by atoms with Gasteiger partial charge in [0.15, 0.2) is 0 Å². The highest BCUT2D eigenvalue weighted by molar-refractivity contribution is 6.76. The van der Waals surface area contributed by atoms with Gasteiger partial charge in [-0.05, 0) is 57.6 Å². The van der Waals surface area contributed by atoms with Gasteiger partial charge in [0.05, 0.1) is 12.8 Å². The maximum Gasteiger partial charge on any atom is 0.411 e. The van der Waals surface area contributed by atoms with Gasteiger partial charge >= 0.3 is 12.1 Å². The van der Waals surface area contributed by atoms with Crippen LogP contribution in [0.3, 0.4) is 0 Å². The zero-order valence-corrected chi connectivity index (χ0v) is 24.0. The molecule has 0 saturated heterocycles. The molecule has 10 nitrogen and oxygen atoms in total. The first kappa shape index (κ1) is 29.9. The van der Waals surface area contributed by atoms with Crippen molar-refractivity contribution in [2.75, 3.05) is 24.8 Å². The number of nitrogens with zero attached hydrogens (tertiary/aromatic N) is 2. The third-order valence-corrected chi connectivity index (χ3v) is 7.01. The lowest BCUT2D eigenvalue weighted by molar-refractivity contribution is -0.157. The number of hydrogen-bond donors (Lipinski definition) is 3. The minimum absolute atomic E-state index is 0.223. The van der Waals surface area contributed by atoms with Crippen LogP contribution in [-0.4, -0.2) is 49.0 Å². The number of benzene rings is 1. The van der Waals surface area contributed by atoms with E-state index in [-0.39, 0.29) is 6.73 Å². The largest absolute Gasteiger partial charge is 0.459 e. The van der Waals surface area contributed by atoms with E-state index in [4.69, 9.17) is 25.9 Å². The predicted octanol–water partition coefficient (Wildman–Crippen LogP) is 4.91. The van der Waals surface area contributed by atoms with Crippen LogP contribution in [0, 0.1) is 0 Å². The molecular formula is C26H41N5O5Si. The van der Waals surface area contributed by atoms with Crippen molar-refractivity contribution in [3.63, 3.8) is 0 Å². The molecule has 11 heteroatoms. The summed E-state index contributed by atoms with van der Waals surface area (Å²) >= 11 is 0. The summed E-state index contributed by atoms with van der Waals surface area (Å²) < 4.78 is 18.1. The molecule has 1 atom stereocenters. The molecule has 0 saturated carbocycles. The second-order valence-corrected chi connectivity index (χ2v) is 16.6. The number of rotatable bonds is 11. The molecule has 0 aliphatic heterocycles. The lowest BCUT2D eigenvalue weighted by atomic mass is 10.0. The van der Waals surface area contributed by atoms with E-state index < -0.39 is 31.7 Å². The minimum Gasteiger partial charge on any atom is -0.459 e. The Labute approximate surface area is 220 Å². The van der Waals surface area contributed by atoms with E-state index in [0.29, 0.717) is 41.5 Å². The molecule has 0 fully saturated rings. The quantitative estimate of drug-likeness (QED) is 0.161. The van der Waals surface area contributed by atoms with Crippen molar-refractivity contribution in [1.29, 1.82) is 0 Å². The number of esters is 1. The highest BCUT2D eigenvalue weighted by Gasteiger charge is 2.30. The second-order valence-electron chi connectivity index (χ2n) is 11.0. The molecule has 1 heterocycles. The smallest absolute Gasteiger partial charge is 0.411 e. The number of nitrogens with one attached hydrogen (secondary N) is 1. The maximum atomic E-state index is 13.2. The average Bonchev–Trinajstić information content (AvgIpc) is 3.18. The lowest BCUT2D eigenvalue weighted by Crippen LogP contribution is -2.29.